The van der Waals surface area contributed by atoms with E-state index in [2.05, 4.69) is 4.72 Å². The lowest BCUT2D eigenvalue weighted by molar-refractivity contribution is -0.159. The van der Waals surface area contributed by atoms with E-state index in [1.54, 1.807) is 20.8 Å². The van der Waals surface area contributed by atoms with E-state index in [-0.39, 0.29) is 17.3 Å². The number of carbonyl (C=O) groups is 1. The van der Waals surface area contributed by atoms with Crippen LogP contribution in [0, 0.1) is 0 Å². The molecule has 1 aromatic rings. The normalized spacial score (nSPS) is 13.7. The molecule has 9 heteroatoms. The molecule has 8 nitrogen and oxygen atoms in total. The number of nitrogens with one attached hydrogen (secondary N) is 1. The van der Waals surface area contributed by atoms with Gasteiger partial charge in [0.1, 0.15) is 11.6 Å². The number of sulfonamides is 1. The molecule has 0 spiro atoms. The van der Waals surface area contributed by atoms with Gasteiger partial charge in [-0.05, 0) is 53.7 Å². The quantitative estimate of drug-likeness (QED) is 0.649. The van der Waals surface area contributed by atoms with Crippen molar-refractivity contribution in [3.8, 4) is 11.5 Å². The second-order valence-electron chi connectivity index (χ2n) is 8.15. The molecule has 0 aromatic heterocycles. The van der Waals surface area contributed by atoms with Crippen molar-refractivity contribution in [2.45, 2.75) is 63.7 Å². The minimum atomic E-state index is -4.05. The molecule has 0 heterocycles. The topological polar surface area (TPSA) is 100 Å². The van der Waals surface area contributed by atoms with Crippen molar-refractivity contribution < 1.29 is 32.2 Å². The van der Waals surface area contributed by atoms with Crippen molar-refractivity contribution in [3.63, 3.8) is 0 Å². The summed E-state index contributed by atoms with van der Waals surface area (Å²) in [7, 11) is -1.20. The van der Waals surface area contributed by atoms with Crippen molar-refractivity contribution in [2.75, 3.05) is 20.8 Å². The van der Waals surface area contributed by atoms with E-state index >= 15 is 0 Å². The van der Waals surface area contributed by atoms with Gasteiger partial charge in [0.25, 0.3) is 0 Å². The third kappa shape index (κ3) is 7.65. The van der Waals surface area contributed by atoms with Crippen LogP contribution in [0.2, 0.25) is 0 Å². The molecule has 0 saturated carbocycles. The average Bonchev–Trinajstić information content (AvgIpc) is 2.55. The van der Waals surface area contributed by atoms with Gasteiger partial charge >= 0.3 is 5.97 Å². The Morgan fingerprint density at radius 2 is 1.57 bits per heavy atom. The number of esters is 1. The van der Waals surface area contributed by atoms with E-state index in [4.69, 9.17) is 18.9 Å². The van der Waals surface area contributed by atoms with Crippen LogP contribution in [0.25, 0.3) is 0 Å². The van der Waals surface area contributed by atoms with Crippen molar-refractivity contribution in [3.05, 3.63) is 18.2 Å². The number of carbonyl (C=O) groups excluding carboxylic acids is 1. The Morgan fingerprint density at radius 1 is 1.00 bits per heavy atom. The lowest BCUT2D eigenvalue weighted by Gasteiger charge is -2.27. The van der Waals surface area contributed by atoms with Gasteiger partial charge in [-0.25, -0.2) is 8.42 Å². The zero-order valence-electron chi connectivity index (χ0n) is 17.8. The highest BCUT2D eigenvalue weighted by molar-refractivity contribution is 7.89. The van der Waals surface area contributed by atoms with Gasteiger partial charge in [-0.15, -0.1) is 0 Å². The second-order valence-corrected chi connectivity index (χ2v) is 9.86. The third-order valence-corrected chi connectivity index (χ3v) is 4.81. The smallest absolute Gasteiger partial charge is 0.327 e. The first-order valence-corrected chi connectivity index (χ1v) is 10.3. The van der Waals surface area contributed by atoms with Crippen LogP contribution in [-0.4, -0.2) is 52.5 Å². The van der Waals surface area contributed by atoms with Gasteiger partial charge < -0.3 is 18.9 Å². The van der Waals surface area contributed by atoms with Crippen LogP contribution in [0.4, 0.5) is 0 Å². The summed E-state index contributed by atoms with van der Waals surface area (Å²) in [5, 5.41) is 0. The minimum absolute atomic E-state index is 0.0746. The monoisotopic (exact) mass is 417 g/mol. The first-order valence-electron chi connectivity index (χ1n) is 8.80. The molecule has 28 heavy (non-hydrogen) atoms. The summed E-state index contributed by atoms with van der Waals surface area (Å²) in [5.41, 5.74) is -1.33. The van der Waals surface area contributed by atoms with E-state index < -0.39 is 33.2 Å². The molecule has 0 radical (unpaired) electrons. The molecule has 160 valence electrons. The molecule has 0 aliphatic carbocycles. The van der Waals surface area contributed by atoms with Crippen molar-refractivity contribution >= 4 is 16.0 Å². The highest BCUT2D eigenvalue weighted by Gasteiger charge is 2.31. The van der Waals surface area contributed by atoms with Gasteiger partial charge in [0.15, 0.2) is 11.5 Å². The number of hydrogen-bond donors (Lipinski definition) is 1. The van der Waals surface area contributed by atoms with Gasteiger partial charge in [0.05, 0.1) is 31.3 Å². The molecular formula is C19H31NO7S. The molecule has 1 unspecified atom stereocenters. The first-order chi connectivity index (χ1) is 12.7. The highest BCUT2D eigenvalue weighted by atomic mass is 32.2. The Morgan fingerprint density at radius 3 is 2.04 bits per heavy atom. The lowest BCUT2D eigenvalue weighted by Crippen LogP contribution is -2.48. The Labute approximate surface area is 167 Å². The van der Waals surface area contributed by atoms with Crippen LogP contribution >= 0.6 is 0 Å². The van der Waals surface area contributed by atoms with E-state index in [0.717, 1.165) is 0 Å². The number of methoxy groups -OCH3 is 2. The molecule has 1 atom stereocenters. The lowest BCUT2D eigenvalue weighted by atomic mass is 10.2. The van der Waals surface area contributed by atoms with Crippen molar-refractivity contribution in [2.24, 2.45) is 0 Å². The largest absolute Gasteiger partial charge is 0.493 e. The molecule has 0 saturated heterocycles. The van der Waals surface area contributed by atoms with Crippen LogP contribution in [0.3, 0.4) is 0 Å². The summed E-state index contributed by atoms with van der Waals surface area (Å²) < 4.78 is 49.3. The summed E-state index contributed by atoms with van der Waals surface area (Å²) in [5.74, 6) is -0.0767. The van der Waals surface area contributed by atoms with E-state index in [9.17, 15) is 13.2 Å². The van der Waals surface area contributed by atoms with Crippen LogP contribution in [0.1, 0.15) is 41.5 Å². The number of ether oxygens (including phenoxy) is 4. The first kappa shape index (κ1) is 24.2. The van der Waals surface area contributed by atoms with Crippen molar-refractivity contribution in [1.82, 2.24) is 4.72 Å². The standard InChI is InChI=1S/C19H31NO7S/c1-18(2,3)26-12-14(17(21)27-19(4,5)6)20-28(22,23)13-9-10-15(24-7)16(11-13)25-8/h9-11,14,20H,12H2,1-8H3. The van der Waals surface area contributed by atoms with Crippen LogP contribution in [0.15, 0.2) is 23.1 Å². The summed E-state index contributed by atoms with van der Waals surface area (Å²) in [6.45, 7) is 10.4. The number of rotatable bonds is 8. The molecule has 0 aliphatic rings. The van der Waals surface area contributed by atoms with Gasteiger partial charge in [0.2, 0.25) is 10.0 Å². The number of benzene rings is 1. The Hall–Kier alpha value is -1.84. The maximum atomic E-state index is 12.8. The summed E-state index contributed by atoms with van der Waals surface area (Å²) >= 11 is 0. The SMILES string of the molecule is COc1ccc(S(=O)(=O)NC(COC(C)(C)C)C(=O)OC(C)(C)C)cc1OC. The molecule has 1 aromatic carbocycles. The molecule has 0 aliphatic heterocycles. The molecule has 0 fully saturated rings. The average molecular weight is 418 g/mol. The van der Waals surface area contributed by atoms with Gasteiger partial charge in [-0.1, -0.05) is 0 Å². The predicted molar refractivity (Wildman–Crippen MR) is 105 cm³/mol. The zero-order valence-corrected chi connectivity index (χ0v) is 18.6. The zero-order chi connectivity index (χ0) is 21.8. The molecule has 0 amide bonds. The summed E-state index contributed by atoms with van der Waals surface area (Å²) in [4.78, 5) is 12.5. The summed E-state index contributed by atoms with van der Waals surface area (Å²) in [6, 6.07) is 2.94. The van der Waals surface area contributed by atoms with Gasteiger partial charge in [0, 0.05) is 6.07 Å². The van der Waals surface area contributed by atoms with Gasteiger partial charge in [-0.2, -0.15) is 4.72 Å². The fraction of sp³-hybridized carbons (Fsp3) is 0.632. The van der Waals surface area contributed by atoms with Crippen molar-refractivity contribution in [1.29, 1.82) is 0 Å². The predicted octanol–water partition coefficient (Wildman–Crippen LogP) is 2.51. The molecule has 0 bridgehead atoms. The van der Waals surface area contributed by atoms with E-state index in [0.29, 0.717) is 5.75 Å². The van der Waals surface area contributed by atoms with Gasteiger partial charge in [-0.3, -0.25) is 4.79 Å². The maximum Gasteiger partial charge on any atom is 0.327 e. The molecule has 1 rings (SSSR count). The van der Waals surface area contributed by atoms with Crippen LogP contribution in [-0.2, 0) is 24.3 Å². The highest BCUT2D eigenvalue weighted by Crippen LogP contribution is 2.29. The third-order valence-electron chi connectivity index (χ3n) is 3.34. The maximum absolute atomic E-state index is 12.8. The second kappa shape index (κ2) is 9.11. The Balaban J connectivity index is 3.15. The van der Waals surface area contributed by atoms with Crippen LogP contribution < -0.4 is 14.2 Å². The van der Waals surface area contributed by atoms with Crippen LogP contribution in [0.5, 0.6) is 11.5 Å². The van der Waals surface area contributed by atoms with E-state index in [1.165, 1.54) is 32.4 Å². The summed E-state index contributed by atoms with van der Waals surface area (Å²) in [6.07, 6.45) is 0. The van der Waals surface area contributed by atoms with E-state index in [1.807, 2.05) is 20.8 Å². The fourth-order valence-electron chi connectivity index (χ4n) is 2.10. The fourth-order valence-corrected chi connectivity index (χ4v) is 3.28. The number of hydrogen-bond acceptors (Lipinski definition) is 7. The Bertz CT molecular complexity index is 776. The molecule has 1 N–H and O–H groups in total. The Kier molecular flexibility index (Phi) is 7.87. The molecular weight excluding hydrogens is 386 g/mol. The minimum Gasteiger partial charge on any atom is -0.493 e.